The van der Waals surface area contributed by atoms with Crippen molar-refractivity contribution >= 4 is 66.1 Å². The molecule has 5 N–H and O–H groups in total. The van der Waals surface area contributed by atoms with E-state index in [9.17, 15) is 23.7 Å². The number of aliphatic hydroxyl groups is 1. The number of thiol groups is 1. The van der Waals surface area contributed by atoms with Crippen LogP contribution in [0.3, 0.4) is 0 Å². The Hall–Kier alpha value is -2.62. The van der Waals surface area contributed by atoms with Gasteiger partial charge in [0.05, 0.1) is 25.6 Å². The van der Waals surface area contributed by atoms with Gasteiger partial charge in [-0.3, -0.25) is 13.9 Å². The van der Waals surface area contributed by atoms with Gasteiger partial charge in [0, 0.05) is 6.42 Å². The maximum absolute atomic E-state index is 15.2. The zero-order valence-corrected chi connectivity index (χ0v) is 26.1. The average Bonchev–Trinajstić information content (AvgIpc) is 3.77. The van der Waals surface area contributed by atoms with E-state index in [0.29, 0.717) is 0 Å². The lowest BCUT2D eigenvalue weighted by Gasteiger charge is -2.25. The number of aliphatic hydroxyl groups excluding tert-OH is 1. The number of halogens is 2. The predicted molar refractivity (Wildman–Crippen MR) is 156 cm³/mol. The first-order chi connectivity index (χ1) is 21.4. The summed E-state index contributed by atoms with van der Waals surface area (Å²) in [4.78, 5) is 45.7. The standard InChI is InChI=1S/C21H23F2N9O9P2S2/c22-3-21(4-37-42(35)44)1-9(19(40-21)31-8-30-13-17(31)27-6-28-18(13)34)41-43(36,45)38-2-10-14(33)11(23)20(39-10)32-7-29-12-15(24)25-5-26-16(12)32/h5-11,14,19-20,33H,1-4H2,(H4-,24,25,26,27,28,34,35,36,44,45)/p+1/t9-,10-,11+,14-,19-,20-,21-,43?/m1/s1. The lowest BCUT2D eigenvalue weighted by atomic mass is 10.0. The van der Waals surface area contributed by atoms with E-state index in [2.05, 4.69) is 42.2 Å². The first-order valence-electron chi connectivity index (χ1n) is 12.9. The van der Waals surface area contributed by atoms with E-state index in [1.807, 2.05) is 0 Å². The molecule has 242 valence electrons. The molecule has 24 heteroatoms. The van der Waals surface area contributed by atoms with Crippen molar-refractivity contribution in [2.45, 2.75) is 49.0 Å². The number of hydrogen-bond donors (Lipinski definition) is 5. The lowest BCUT2D eigenvalue weighted by Crippen LogP contribution is -2.36. The third-order valence-electron chi connectivity index (χ3n) is 7.21. The topological polar surface area (TPSA) is 237 Å². The number of nitrogens with zero attached hydrogens (tertiary/aromatic N) is 7. The van der Waals surface area contributed by atoms with Crippen LogP contribution in [0, 0.1) is 0 Å². The van der Waals surface area contributed by atoms with Gasteiger partial charge in [-0.05, 0) is 16.4 Å². The molecule has 4 aromatic heterocycles. The molecule has 0 saturated carbocycles. The molecule has 9 atom stereocenters. The second-order valence-corrected chi connectivity index (χ2v) is 14.6. The van der Waals surface area contributed by atoms with E-state index in [-0.39, 0.29) is 34.6 Å². The molecule has 45 heavy (non-hydrogen) atoms. The molecule has 4 aromatic rings. The number of imidazole rings is 2. The molecule has 0 radical (unpaired) electrons. The maximum atomic E-state index is 15.2. The van der Waals surface area contributed by atoms with E-state index in [0.717, 1.165) is 12.7 Å². The van der Waals surface area contributed by atoms with Gasteiger partial charge in [-0.2, -0.15) is 0 Å². The van der Waals surface area contributed by atoms with Crippen LogP contribution in [-0.4, -0.2) is 99.0 Å². The van der Waals surface area contributed by atoms with Crippen molar-refractivity contribution < 1.29 is 46.4 Å². The molecule has 0 aromatic carbocycles. The average molecular weight is 711 g/mol. The van der Waals surface area contributed by atoms with Crippen LogP contribution in [0.15, 0.2) is 30.1 Å². The number of H-pyrrole nitrogens is 1. The molecular formula is C21H24F2N9O9P2S2+. The summed E-state index contributed by atoms with van der Waals surface area (Å²) in [5.41, 5.74) is 3.85. The molecule has 0 aliphatic carbocycles. The largest absolute Gasteiger partial charge is 0.582 e. The molecule has 18 nitrogen and oxygen atoms in total. The van der Waals surface area contributed by atoms with Crippen LogP contribution in [0.25, 0.3) is 22.3 Å². The number of fused-ring (bicyclic) bond motifs is 2. The number of nitrogens with one attached hydrogen (secondary N) is 1. The number of aromatic nitrogens is 8. The van der Waals surface area contributed by atoms with E-state index in [1.54, 1.807) is 0 Å². The van der Waals surface area contributed by atoms with Crippen LogP contribution in [-0.2, 0) is 39.4 Å². The van der Waals surface area contributed by atoms with Gasteiger partial charge in [-0.25, -0.2) is 33.7 Å². The Labute approximate surface area is 261 Å². The number of ether oxygens (including phenoxy) is 2. The molecule has 6 rings (SSSR count). The number of nitrogen functional groups attached to an aromatic ring is 1. The van der Waals surface area contributed by atoms with Crippen LogP contribution in [0.2, 0.25) is 0 Å². The summed E-state index contributed by atoms with van der Waals surface area (Å²) in [6.45, 7) is -6.53. The van der Waals surface area contributed by atoms with Gasteiger partial charge in [-0.15, -0.1) is 4.52 Å². The summed E-state index contributed by atoms with van der Waals surface area (Å²) in [6, 6.07) is 0. The quantitative estimate of drug-likeness (QED) is 0.108. The minimum absolute atomic E-state index is 0.0434. The van der Waals surface area contributed by atoms with Gasteiger partial charge >= 0.3 is 13.9 Å². The molecule has 2 aliphatic rings. The first kappa shape index (κ1) is 32.3. The molecule has 2 fully saturated rings. The lowest BCUT2D eigenvalue weighted by molar-refractivity contribution is -0.110. The number of rotatable bonds is 11. The fourth-order valence-electron chi connectivity index (χ4n) is 5.10. The second-order valence-electron chi connectivity index (χ2n) is 10.1. The number of alkyl halides is 2. The van der Waals surface area contributed by atoms with Crippen molar-refractivity contribution in [3.8, 4) is 0 Å². The SMILES string of the molecule is Nc1ncnc2c1ncn2[C@@H]1O[C@H](COP(O)(=S)O[C@@H]2C[C@@](CF)(CO[P+](=O)S)O[C@H]2n2cnc3c(=O)[nH]cnc32)[C@@H](O)[C@@H]1F. The van der Waals surface area contributed by atoms with Crippen molar-refractivity contribution in [3.63, 3.8) is 0 Å². The summed E-state index contributed by atoms with van der Waals surface area (Å²) >= 11 is 8.88. The van der Waals surface area contributed by atoms with E-state index < -0.39 is 81.9 Å². The Kier molecular flexibility index (Phi) is 9.00. The molecular weight excluding hydrogens is 686 g/mol. The highest BCUT2D eigenvalue weighted by Crippen LogP contribution is 2.52. The molecule has 6 heterocycles. The van der Waals surface area contributed by atoms with Crippen molar-refractivity contribution in [2.75, 3.05) is 25.6 Å². The second kappa shape index (κ2) is 12.5. The molecule has 0 amide bonds. The van der Waals surface area contributed by atoms with Gasteiger partial charge < -0.3 is 39.2 Å². The molecule has 2 unspecified atom stereocenters. The Morgan fingerprint density at radius 1 is 1.22 bits per heavy atom. The molecule has 0 spiro atoms. The zero-order valence-electron chi connectivity index (χ0n) is 22.6. The molecule has 0 bridgehead atoms. The van der Waals surface area contributed by atoms with Crippen molar-refractivity contribution in [1.82, 2.24) is 39.0 Å². The summed E-state index contributed by atoms with van der Waals surface area (Å²) in [7, 11) is -2.43. The Balaban J connectivity index is 1.20. The maximum Gasteiger partial charge on any atom is 0.582 e. The van der Waals surface area contributed by atoms with Gasteiger partial charge in [0.25, 0.3) is 5.56 Å². The summed E-state index contributed by atoms with van der Waals surface area (Å²) < 4.78 is 71.5. The Bertz CT molecular complexity index is 1850. The van der Waals surface area contributed by atoms with Crippen molar-refractivity contribution in [1.29, 1.82) is 0 Å². The Morgan fingerprint density at radius 2 is 1.93 bits per heavy atom. The number of nitrogens with two attached hydrogens (primary N) is 1. The van der Waals surface area contributed by atoms with Crippen LogP contribution >= 0.6 is 26.2 Å². The minimum Gasteiger partial charge on any atom is -0.387 e. The summed E-state index contributed by atoms with van der Waals surface area (Å²) in [5.74, 6) is 0.0638. The van der Waals surface area contributed by atoms with Gasteiger partial charge in [0.1, 0.15) is 61.3 Å². The number of hydrogen-bond acceptors (Lipinski definition) is 15. The molecule has 2 aliphatic heterocycles. The highest BCUT2D eigenvalue weighted by Gasteiger charge is 2.52. The monoisotopic (exact) mass is 710 g/mol. The fraction of sp³-hybridized carbons (Fsp3) is 0.524. The predicted octanol–water partition coefficient (Wildman–Crippen LogP) is 0.988. The highest BCUT2D eigenvalue weighted by atomic mass is 32.7. The highest BCUT2D eigenvalue weighted by molar-refractivity contribution is 8.39. The van der Waals surface area contributed by atoms with Gasteiger partial charge in [-0.1, -0.05) is 0 Å². The third kappa shape index (κ3) is 6.24. The third-order valence-corrected chi connectivity index (χ3v) is 9.49. The Morgan fingerprint density at radius 3 is 2.67 bits per heavy atom. The van der Waals surface area contributed by atoms with E-state index >= 15 is 4.39 Å². The number of aromatic amines is 1. The van der Waals surface area contributed by atoms with Crippen LogP contribution in [0.1, 0.15) is 18.9 Å². The molecule has 2 saturated heterocycles. The van der Waals surface area contributed by atoms with Gasteiger partial charge in [0.2, 0.25) is 0 Å². The van der Waals surface area contributed by atoms with E-state index in [1.165, 1.54) is 21.8 Å². The van der Waals surface area contributed by atoms with Crippen molar-refractivity contribution in [3.05, 3.63) is 35.7 Å². The van der Waals surface area contributed by atoms with Crippen LogP contribution in [0.5, 0.6) is 0 Å². The number of anilines is 1. The van der Waals surface area contributed by atoms with Crippen LogP contribution in [0.4, 0.5) is 14.6 Å². The first-order valence-corrected chi connectivity index (χ1v) is 17.8. The minimum atomic E-state index is -4.25. The summed E-state index contributed by atoms with van der Waals surface area (Å²) in [5, 5.41) is 10.6. The van der Waals surface area contributed by atoms with Gasteiger partial charge in [0.15, 0.2) is 41.3 Å². The summed E-state index contributed by atoms with van der Waals surface area (Å²) in [6.07, 6.45) is -4.51. The van der Waals surface area contributed by atoms with Crippen LogP contribution < -0.4 is 11.3 Å². The smallest absolute Gasteiger partial charge is 0.387 e. The van der Waals surface area contributed by atoms with E-state index in [4.69, 9.17) is 40.6 Å². The fourth-order valence-corrected chi connectivity index (χ4v) is 7.05. The zero-order chi connectivity index (χ0) is 32.1. The normalized spacial score (nSPS) is 30.3. The van der Waals surface area contributed by atoms with Crippen molar-refractivity contribution in [2.24, 2.45) is 0 Å².